The molecular weight excluding hydrogens is 380 g/mol. The maximum atomic E-state index is 13.8. The second-order valence-electron chi connectivity index (χ2n) is 6.94. The number of carbonyl (C=O) groups excluding carboxylic acids is 2. The summed E-state index contributed by atoms with van der Waals surface area (Å²) in [7, 11) is 0. The van der Waals surface area contributed by atoms with Gasteiger partial charge in [-0.2, -0.15) is 0 Å². The van der Waals surface area contributed by atoms with Crippen molar-refractivity contribution in [1.29, 1.82) is 0 Å². The number of halogens is 2. The molecule has 0 radical (unpaired) electrons. The minimum atomic E-state index is -0.757. The lowest BCUT2D eigenvalue weighted by Gasteiger charge is -2.15. The highest BCUT2D eigenvalue weighted by molar-refractivity contribution is 5.89. The fraction of sp³-hybridized carbons (Fsp3) is 0.273. The highest BCUT2D eigenvalue weighted by Gasteiger charge is 2.17. The van der Waals surface area contributed by atoms with Crippen LogP contribution < -0.4 is 5.32 Å². The fourth-order valence-electron chi connectivity index (χ4n) is 3.09. The average Bonchev–Trinajstić information content (AvgIpc) is 3.06. The molecule has 0 unspecified atom stereocenters. The van der Waals surface area contributed by atoms with Crippen LogP contribution in [0.3, 0.4) is 0 Å². The summed E-state index contributed by atoms with van der Waals surface area (Å²) in [6.45, 7) is 4.97. The Bertz CT molecular complexity index is 1070. The van der Waals surface area contributed by atoms with Gasteiger partial charge in [-0.05, 0) is 38.0 Å². The summed E-state index contributed by atoms with van der Waals surface area (Å²) in [6, 6.07) is 6.25. The molecule has 1 aromatic heterocycles. The van der Waals surface area contributed by atoms with E-state index in [0.717, 1.165) is 34.2 Å². The number of aryl methyl sites for hydroxylation is 2. The first-order chi connectivity index (χ1) is 13.8. The van der Waals surface area contributed by atoms with Crippen LogP contribution in [0, 0.1) is 25.5 Å². The third kappa shape index (κ3) is 4.62. The third-order valence-corrected chi connectivity index (χ3v) is 4.85. The summed E-state index contributed by atoms with van der Waals surface area (Å²) in [5.74, 6) is -2.62. The Labute approximate surface area is 166 Å². The van der Waals surface area contributed by atoms with Crippen LogP contribution in [-0.2, 0) is 20.7 Å². The molecular formula is C22H21F2NO4. The van der Waals surface area contributed by atoms with Crippen molar-refractivity contribution in [1.82, 2.24) is 5.32 Å². The molecule has 152 valence electrons. The van der Waals surface area contributed by atoms with Crippen LogP contribution in [0.2, 0.25) is 0 Å². The molecule has 5 nitrogen and oxygen atoms in total. The number of hydrogen-bond acceptors (Lipinski definition) is 4. The van der Waals surface area contributed by atoms with E-state index in [-0.39, 0.29) is 12.0 Å². The summed E-state index contributed by atoms with van der Waals surface area (Å²) in [5.41, 5.74) is 3.63. The Morgan fingerprint density at radius 3 is 2.66 bits per heavy atom. The maximum absolute atomic E-state index is 13.8. The summed E-state index contributed by atoms with van der Waals surface area (Å²) in [6.07, 6.45) is 1.47. The van der Waals surface area contributed by atoms with Crippen LogP contribution in [-0.4, -0.2) is 18.5 Å². The van der Waals surface area contributed by atoms with Crippen LogP contribution in [0.15, 0.2) is 41.0 Å². The van der Waals surface area contributed by atoms with Crippen LogP contribution >= 0.6 is 0 Å². The lowest BCUT2D eigenvalue weighted by Crippen LogP contribution is -2.31. The first-order valence-electron chi connectivity index (χ1n) is 9.12. The molecule has 1 atom stereocenters. The zero-order valence-electron chi connectivity index (χ0n) is 16.3. The molecule has 0 bridgehead atoms. The molecule has 0 saturated heterocycles. The summed E-state index contributed by atoms with van der Waals surface area (Å²) in [4.78, 5) is 24.1. The number of rotatable bonds is 6. The highest BCUT2D eigenvalue weighted by Crippen LogP contribution is 2.27. The fourth-order valence-corrected chi connectivity index (χ4v) is 3.09. The van der Waals surface area contributed by atoms with Gasteiger partial charge in [0.2, 0.25) is 0 Å². The van der Waals surface area contributed by atoms with Gasteiger partial charge in [0.1, 0.15) is 17.2 Å². The first-order valence-corrected chi connectivity index (χ1v) is 9.12. The lowest BCUT2D eigenvalue weighted by molar-refractivity contribution is -0.148. The molecule has 1 heterocycles. The van der Waals surface area contributed by atoms with Crippen LogP contribution in [0.25, 0.3) is 11.0 Å². The Morgan fingerprint density at radius 1 is 1.17 bits per heavy atom. The van der Waals surface area contributed by atoms with Crippen molar-refractivity contribution in [3.63, 3.8) is 0 Å². The maximum Gasteiger partial charge on any atom is 0.310 e. The number of fused-ring (bicyclic) bond motifs is 1. The Balaban J connectivity index is 1.55. The molecule has 0 aliphatic rings. The number of furan rings is 1. The van der Waals surface area contributed by atoms with Crippen LogP contribution in [0.1, 0.15) is 35.2 Å². The molecule has 3 rings (SSSR count). The third-order valence-electron chi connectivity index (χ3n) is 4.85. The smallest absolute Gasteiger partial charge is 0.310 e. The Kier molecular flexibility index (Phi) is 5.96. The molecule has 0 saturated carbocycles. The first kappa shape index (κ1) is 20.5. The largest absolute Gasteiger partial charge is 0.464 e. The predicted molar refractivity (Wildman–Crippen MR) is 103 cm³/mol. The number of hydrogen-bond donors (Lipinski definition) is 1. The quantitative estimate of drug-likeness (QED) is 0.626. The van der Waals surface area contributed by atoms with E-state index in [0.29, 0.717) is 5.56 Å². The van der Waals surface area contributed by atoms with Crippen molar-refractivity contribution in [2.24, 2.45) is 0 Å². The summed E-state index contributed by atoms with van der Waals surface area (Å²) >= 11 is 0. The van der Waals surface area contributed by atoms with E-state index in [9.17, 15) is 18.4 Å². The van der Waals surface area contributed by atoms with E-state index in [1.54, 1.807) is 6.92 Å². The second-order valence-corrected chi connectivity index (χ2v) is 6.94. The van der Waals surface area contributed by atoms with Crippen molar-refractivity contribution in [3.05, 3.63) is 70.5 Å². The van der Waals surface area contributed by atoms with Gasteiger partial charge in [-0.15, -0.1) is 0 Å². The molecule has 0 aliphatic heterocycles. The number of benzene rings is 2. The zero-order chi connectivity index (χ0) is 21.1. The van der Waals surface area contributed by atoms with Crippen LogP contribution in [0.5, 0.6) is 0 Å². The molecule has 3 aromatic rings. The number of ether oxygens (including phenoxy) is 1. The van der Waals surface area contributed by atoms with Crippen molar-refractivity contribution < 1.29 is 27.5 Å². The molecule has 0 fully saturated rings. The van der Waals surface area contributed by atoms with Crippen molar-refractivity contribution in [2.75, 3.05) is 6.61 Å². The minimum Gasteiger partial charge on any atom is -0.464 e. The summed E-state index contributed by atoms with van der Waals surface area (Å²) in [5, 5.41) is 3.35. The Hall–Kier alpha value is -3.22. The van der Waals surface area contributed by atoms with Gasteiger partial charge in [-0.25, -0.2) is 8.78 Å². The number of amides is 1. The minimum absolute atomic E-state index is 0.0368. The van der Waals surface area contributed by atoms with Gasteiger partial charge >= 0.3 is 5.97 Å². The average molecular weight is 401 g/mol. The van der Waals surface area contributed by atoms with Crippen molar-refractivity contribution in [3.8, 4) is 0 Å². The van der Waals surface area contributed by atoms with Gasteiger partial charge in [-0.3, -0.25) is 9.59 Å². The molecule has 29 heavy (non-hydrogen) atoms. The van der Waals surface area contributed by atoms with Gasteiger partial charge in [0, 0.05) is 22.6 Å². The van der Waals surface area contributed by atoms with E-state index in [1.165, 1.54) is 12.3 Å². The molecule has 0 spiro atoms. The van der Waals surface area contributed by atoms with E-state index in [4.69, 9.17) is 9.15 Å². The normalized spacial score (nSPS) is 12.0. The van der Waals surface area contributed by atoms with Gasteiger partial charge in [-0.1, -0.05) is 18.2 Å². The number of carbonyl (C=O) groups is 2. The van der Waals surface area contributed by atoms with E-state index >= 15 is 0 Å². The molecule has 7 heteroatoms. The lowest BCUT2D eigenvalue weighted by atomic mass is 10.0. The summed E-state index contributed by atoms with van der Waals surface area (Å²) < 4.78 is 37.3. The second kappa shape index (κ2) is 8.43. The number of nitrogens with one attached hydrogen (secondary N) is 1. The number of esters is 1. The van der Waals surface area contributed by atoms with E-state index in [1.807, 2.05) is 26.0 Å². The SMILES string of the molecule is Cc1ccc2c(CC(=O)OCC(=O)N[C@H](C)c3ccc(F)cc3F)coc2c1C. The zero-order valence-corrected chi connectivity index (χ0v) is 16.3. The molecule has 1 N–H and O–H groups in total. The van der Waals surface area contributed by atoms with E-state index in [2.05, 4.69) is 5.32 Å². The van der Waals surface area contributed by atoms with Crippen molar-refractivity contribution >= 4 is 22.8 Å². The van der Waals surface area contributed by atoms with Gasteiger partial charge in [0.05, 0.1) is 18.7 Å². The molecule has 2 aromatic carbocycles. The van der Waals surface area contributed by atoms with E-state index < -0.39 is 36.2 Å². The van der Waals surface area contributed by atoms with Crippen LogP contribution in [0.4, 0.5) is 8.78 Å². The van der Waals surface area contributed by atoms with Gasteiger partial charge < -0.3 is 14.5 Å². The van der Waals surface area contributed by atoms with Gasteiger partial charge in [0.15, 0.2) is 6.61 Å². The Morgan fingerprint density at radius 2 is 1.93 bits per heavy atom. The molecule has 0 aliphatic carbocycles. The van der Waals surface area contributed by atoms with Crippen molar-refractivity contribution in [2.45, 2.75) is 33.2 Å². The predicted octanol–water partition coefficient (Wildman–Crippen LogP) is 4.29. The standard InChI is InChI=1S/C22H21F2NO4/c1-12-4-6-18-15(10-29-22(18)13(12)2)8-21(27)28-11-20(26)25-14(3)17-7-5-16(23)9-19(17)24/h4-7,9-10,14H,8,11H2,1-3H3,(H,25,26)/t14-/m1/s1. The monoisotopic (exact) mass is 401 g/mol. The molecule has 1 amide bonds. The topological polar surface area (TPSA) is 68.5 Å². The van der Waals surface area contributed by atoms with Gasteiger partial charge in [0.25, 0.3) is 5.91 Å². The highest BCUT2D eigenvalue weighted by atomic mass is 19.1.